The van der Waals surface area contributed by atoms with Crippen molar-refractivity contribution < 1.29 is 4.79 Å². The number of benzene rings is 1. The number of nitrogens with zero attached hydrogens (tertiary/aromatic N) is 5. The van der Waals surface area contributed by atoms with Crippen LogP contribution in [0.1, 0.15) is 43.0 Å². The van der Waals surface area contributed by atoms with Crippen molar-refractivity contribution in [2.45, 2.75) is 44.6 Å². The predicted molar refractivity (Wildman–Crippen MR) is 115 cm³/mol. The minimum Gasteiger partial charge on any atom is -0.342 e. The Balaban J connectivity index is 1.26. The van der Waals surface area contributed by atoms with Gasteiger partial charge in [-0.2, -0.15) is 0 Å². The van der Waals surface area contributed by atoms with Crippen LogP contribution in [-0.2, 0) is 17.8 Å². The minimum atomic E-state index is -0.174. The summed E-state index contributed by atoms with van der Waals surface area (Å²) in [4.78, 5) is 19.5. The first-order valence-corrected chi connectivity index (χ1v) is 11.0. The molecule has 0 saturated carbocycles. The zero-order valence-electron chi connectivity index (χ0n) is 17.2. The smallest absolute Gasteiger partial charge is 0.233 e. The van der Waals surface area contributed by atoms with Crippen molar-refractivity contribution in [3.63, 3.8) is 0 Å². The van der Waals surface area contributed by atoms with E-state index in [4.69, 9.17) is 0 Å². The molecule has 2 aliphatic rings. The predicted octanol–water partition coefficient (Wildman–Crippen LogP) is 3.70. The highest BCUT2D eigenvalue weighted by Crippen LogP contribution is 2.32. The number of likely N-dealkylation sites (tertiary alicyclic amines) is 1. The summed E-state index contributed by atoms with van der Waals surface area (Å²) < 4.78 is 2.13. The quantitative estimate of drug-likeness (QED) is 0.669. The van der Waals surface area contributed by atoms with Crippen LogP contribution in [0.5, 0.6) is 0 Å². The van der Waals surface area contributed by atoms with E-state index in [1.807, 2.05) is 12.1 Å². The number of hydrogen-bond donors (Lipinski definition) is 0. The van der Waals surface area contributed by atoms with E-state index < -0.39 is 0 Å². The molecule has 1 saturated heterocycles. The molecule has 1 unspecified atom stereocenters. The Kier molecular flexibility index (Phi) is 5.30. The molecule has 0 radical (unpaired) electrons. The highest BCUT2D eigenvalue weighted by Gasteiger charge is 2.35. The summed E-state index contributed by atoms with van der Waals surface area (Å²) in [5.74, 6) is 2.37. The topological polar surface area (TPSA) is 63.9 Å². The molecule has 6 nitrogen and oxygen atoms in total. The van der Waals surface area contributed by atoms with Crippen molar-refractivity contribution in [1.29, 1.82) is 0 Å². The van der Waals surface area contributed by atoms with Crippen molar-refractivity contribution in [1.82, 2.24) is 24.6 Å². The van der Waals surface area contributed by atoms with Gasteiger partial charge < -0.3 is 9.47 Å². The maximum atomic E-state index is 13.4. The Labute approximate surface area is 177 Å². The number of amides is 1. The van der Waals surface area contributed by atoms with Gasteiger partial charge in [0.25, 0.3) is 0 Å². The third-order valence-electron chi connectivity index (χ3n) is 6.50. The van der Waals surface area contributed by atoms with E-state index in [0.29, 0.717) is 5.92 Å². The molecule has 3 aromatic rings. The van der Waals surface area contributed by atoms with E-state index in [1.165, 1.54) is 5.56 Å². The van der Waals surface area contributed by atoms with Gasteiger partial charge in [0.1, 0.15) is 5.82 Å². The SMILES string of the molecule is O=C(C1CCCn2c(-c3ccncc3)nnc21)N1CCC(Cc2ccccc2)CC1. The Morgan fingerprint density at radius 1 is 0.933 bits per heavy atom. The molecular formula is C24H27N5O. The molecule has 1 atom stereocenters. The molecule has 0 bridgehead atoms. The van der Waals surface area contributed by atoms with E-state index in [0.717, 1.165) is 69.0 Å². The molecule has 5 rings (SSSR count). The number of fused-ring (bicyclic) bond motifs is 1. The third-order valence-corrected chi connectivity index (χ3v) is 6.50. The van der Waals surface area contributed by atoms with Gasteiger partial charge >= 0.3 is 0 Å². The standard InChI is InChI=1S/C24H27N5O/c30-24(28-15-10-19(11-16-28)17-18-5-2-1-3-6-18)21-7-4-14-29-22(26-27-23(21)29)20-8-12-25-13-9-20/h1-3,5-6,8-9,12-13,19,21H,4,7,10-11,14-17H2. The molecule has 1 aromatic carbocycles. The summed E-state index contributed by atoms with van der Waals surface area (Å²) in [6, 6.07) is 14.6. The van der Waals surface area contributed by atoms with E-state index in [9.17, 15) is 4.79 Å². The van der Waals surface area contributed by atoms with E-state index in [-0.39, 0.29) is 11.8 Å². The molecule has 6 heteroatoms. The van der Waals surface area contributed by atoms with Crippen LogP contribution in [0.2, 0.25) is 0 Å². The summed E-state index contributed by atoms with van der Waals surface area (Å²) in [7, 11) is 0. The number of pyridine rings is 1. The zero-order valence-corrected chi connectivity index (χ0v) is 17.2. The Morgan fingerprint density at radius 2 is 1.70 bits per heavy atom. The van der Waals surface area contributed by atoms with Crippen molar-refractivity contribution in [2.24, 2.45) is 5.92 Å². The number of rotatable bonds is 4. The van der Waals surface area contributed by atoms with E-state index in [1.54, 1.807) is 12.4 Å². The first-order valence-electron chi connectivity index (χ1n) is 11.0. The molecular weight excluding hydrogens is 374 g/mol. The van der Waals surface area contributed by atoms with Crippen LogP contribution in [0.25, 0.3) is 11.4 Å². The van der Waals surface area contributed by atoms with Gasteiger partial charge in [-0.15, -0.1) is 10.2 Å². The lowest BCUT2D eigenvalue weighted by atomic mass is 9.89. The number of aromatic nitrogens is 4. The first kappa shape index (κ1) is 19.0. The van der Waals surface area contributed by atoms with Gasteiger partial charge in [-0.1, -0.05) is 30.3 Å². The van der Waals surface area contributed by atoms with Crippen molar-refractivity contribution >= 4 is 5.91 Å². The van der Waals surface area contributed by atoms with E-state index >= 15 is 0 Å². The highest BCUT2D eigenvalue weighted by atomic mass is 16.2. The Hall–Kier alpha value is -3.02. The summed E-state index contributed by atoms with van der Waals surface area (Å²) in [6.07, 6.45) is 8.62. The largest absolute Gasteiger partial charge is 0.342 e. The van der Waals surface area contributed by atoms with Crippen LogP contribution in [0.15, 0.2) is 54.9 Å². The average Bonchev–Trinajstić information content (AvgIpc) is 3.25. The molecule has 0 spiro atoms. The minimum absolute atomic E-state index is 0.174. The summed E-state index contributed by atoms with van der Waals surface area (Å²) >= 11 is 0. The van der Waals surface area contributed by atoms with Crippen LogP contribution < -0.4 is 0 Å². The molecule has 2 aromatic heterocycles. The number of carbonyl (C=O) groups excluding carboxylic acids is 1. The van der Waals surface area contributed by atoms with Crippen molar-refractivity contribution in [2.75, 3.05) is 13.1 Å². The van der Waals surface area contributed by atoms with Gasteiger partial charge in [0.15, 0.2) is 5.82 Å². The van der Waals surface area contributed by atoms with Crippen molar-refractivity contribution in [3.05, 3.63) is 66.2 Å². The highest BCUT2D eigenvalue weighted by molar-refractivity contribution is 5.83. The van der Waals surface area contributed by atoms with Crippen LogP contribution in [0.4, 0.5) is 0 Å². The van der Waals surface area contributed by atoms with Gasteiger partial charge in [-0.25, -0.2) is 0 Å². The second-order valence-electron chi connectivity index (χ2n) is 8.42. The molecule has 154 valence electrons. The van der Waals surface area contributed by atoms with Gasteiger partial charge in [-0.05, 0) is 55.7 Å². The van der Waals surface area contributed by atoms with Gasteiger partial charge in [-0.3, -0.25) is 9.78 Å². The second-order valence-corrected chi connectivity index (χ2v) is 8.42. The number of hydrogen-bond acceptors (Lipinski definition) is 4. The maximum Gasteiger partial charge on any atom is 0.233 e. The third kappa shape index (κ3) is 3.74. The Morgan fingerprint density at radius 3 is 2.47 bits per heavy atom. The summed E-state index contributed by atoms with van der Waals surface area (Å²) in [6.45, 7) is 2.55. The maximum absolute atomic E-state index is 13.4. The van der Waals surface area contributed by atoms with Crippen LogP contribution in [0.3, 0.4) is 0 Å². The fraction of sp³-hybridized carbons (Fsp3) is 0.417. The molecule has 2 aliphatic heterocycles. The second kappa shape index (κ2) is 8.38. The zero-order chi connectivity index (χ0) is 20.3. The normalized spacial score (nSPS) is 19.5. The molecule has 0 N–H and O–H groups in total. The summed E-state index contributed by atoms with van der Waals surface area (Å²) in [5, 5.41) is 8.87. The van der Waals surface area contributed by atoms with E-state index in [2.05, 4.69) is 55.0 Å². The first-order chi connectivity index (χ1) is 14.8. The molecule has 4 heterocycles. The summed E-state index contributed by atoms with van der Waals surface area (Å²) in [5.41, 5.74) is 2.39. The average molecular weight is 402 g/mol. The molecule has 1 fully saturated rings. The van der Waals surface area contributed by atoms with Crippen molar-refractivity contribution in [3.8, 4) is 11.4 Å². The molecule has 1 amide bonds. The lowest BCUT2D eigenvalue weighted by Crippen LogP contribution is -2.42. The van der Waals surface area contributed by atoms with Gasteiger partial charge in [0, 0.05) is 37.6 Å². The fourth-order valence-corrected chi connectivity index (χ4v) is 4.85. The lowest BCUT2D eigenvalue weighted by Gasteiger charge is -2.35. The lowest BCUT2D eigenvalue weighted by molar-refractivity contribution is -0.135. The van der Waals surface area contributed by atoms with Gasteiger partial charge in [0.2, 0.25) is 5.91 Å². The Bertz CT molecular complexity index is 993. The van der Waals surface area contributed by atoms with Crippen LogP contribution in [-0.4, -0.2) is 43.6 Å². The molecule has 0 aliphatic carbocycles. The van der Waals surface area contributed by atoms with Gasteiger partial charge in [0.05, 0.1) is 5.92 Å². The van der Waals surface area contributed by atoms with Crippen LogP contribution in [0, 0.1) is 5.92 Å². The number of piperidine rings is 1. The number of carbonyl (C=O) groups is 1. The fourth-order valence-electron chi connectivity index (χ4n) is 4.85. The monoisotopic (exact) mass is 401 g/mol. The molecule has 30 heavy (non-hydrogen) atoms. The van der Waals surface area contributed by atoms with Crippen LogP contribution >= 0.6 is 0 Å².